The van der Waals surface area contributed by atoms with E-state index in [4.69, 9.17) is 5.11 Å². The molecule has 1 N–H and O–H groups in total. The first-order valence-corrected chi connectivity index (χ1v) is 6.04. The summed E-state index contributed by atoms with van der Waals surface area (Å²) in [6.45, 7) is 4.14. The van der Waals surface area contributed by atoms with Crippen molar-refractivity contribution >= 4 is 22.9 Å². The van der Waals surface area contributed by atoms with Crippen LogP contribution in [-0.2, 0) is 18.3 Å². The Morgan fingerprint density at radius 1 is 1.44 bits per heavy atom. The van der Waals surface area contributed by atoms with Crippen LogP contribution in [0, 0.1) is 6.92 Å². The number of carbonyl (C=O) groups is 1. The predicted octanol–water partition coefficient (Wildman–Crippen LogP) is 3.15. The molecule has 3 nitrogen and oxygen atoms in total. The van der Waals surface area contributed by atoms with Crippen molar-refractivity contribution in [3.63, 3.8) is 0 Å². The minimum Gasteiger partial charge on any atom is -0.478 e. The summed E-state index contributed by atoms with van der Waals surface area (Å²) in [7, 11) is 2.02. The minimum absolute atomic E-state index is 0.918. The Kier molecular flexibility index (Phi) is 3.24. The van der Waals surface area contributed by atoms with Crippen molar-refractivity contribution in [2.45, 2.75) is 20.3 Å². The van der Waals surface area contributed by atoms with Crippen LogP contribution in [0.2, 0.25) is 0 Å². The van der Waals surface area contributed by atoms with Crippen molar-refractivity contribution < 1.29 is 9.90 Å². The van der Waals surface area contributed by atoms with Crippen LogP contribution < -0.4 is 0 Å². The number of carboxylic acid groups (broad SMARTS) is 1. The molecule has 0 atom stereocenters. The molecule has 0 fully saturated rings. The molecule has 1 heterocycles. The third-order valence-corrected chi connectivity index (χ3v) is 3.41. The van der Waals surface area contributed by atoms with E-state index in [0.717, 1.165) is 23.1 Å². The van der Waals surface area contributed by atoms with Gasteiger partial charge in [-0.1, -0.05) is 25.1 Å². The van der Waals surface area contributed by atoms with Gasteiger partial charge in [-0.2, -0.15) is 0 Å². The lowest BCUT2D eigenvalue weighted by molar-refractivity contribution is -0.131. The fourth-order valence-electron chi connectivity index (χ4n) is 2.40. The van der Waals surface area contributed by atoms with Gasteiger partial charge in [-0.15, -0.1) is 0 Å². The lowest BCUT2D eigenvalue weighted by Crippen LogP contribution is -1.93. The second-order valence-electron chi connectivity index (χ2n) is 4.40. The Labute approximate surface area is 106 Å². The van der Waals surface area contributed by atoms with Gasteiger partial charge in [-0.05, 0) is 25.0 Å². The Bertz CT molecular complexity index is 635. The van der Waals surface area contributed by atoms with Crippen molar-refractivity contribution in [3.8, 4) is 0 Å². The number of para-hydroxylation sites is 1. The lowest BCUT2D eigenvalue weighted by Gasteiger charge is -2.03. The summed E-state index contributed by atoms with van der Waals surface area (Å²) in [5, 5.41) is 9.87. The summed E-state index contributed by atoms with van der Waals surface area (Å²) in [5.41, 5.74) is 4.56. The molecule has 0 aliphatic heterocycles. The van der Waals surface area contributed by atoms with Gasteiger partial charge in [0.15, 0.2) is 0 Å². The highest BCUT2D eigenvalue weighted by molar-refractivity contribution is 5.96. The van der Waals surface area contributed by atoms with Crippen LogP contribution in [0.1, 0.15) is 23.7 Å². The summed E-state index contributed by atoms with van der Waals surface area (Å²) < 4.78 is 2.13. The third-order valence-electron chi connectivity index (χ3n) is 3.41. The molecule has 18 heavy (non-hydrogen) atoms. The highest BCUT2D eigenvalue weighted by Crippen LogP contribution is 2.28. The number of aromatic nitrogens is 1. The Morgan fingerprint density at radius 3 is 2.78 bits per heavy atom. The summed E-state index contributed by atoms with van der Waals surface area (Å²) >= 11 is 0. The predicted molar refractivity (Wildman–Crippen MR) is 73.7 cm³/mol. The molecule has 0 unspecified atom stereocenters. The number of carboxylic acids is 1. The maximum atomic E-state index is 10.7. The first kappa shape index (κ1) is 12.4. The van der Waals surface area contributed by atoms with Crippen molar-refractivity contribution in [2.75, 3.05) is 0 Å². The molecule has 0 saturated heterocycles. The van der Waals surface area contributed by atoms with Crippen LogP contribution in [0.5, 0.6) is 0 Å². The molecule has 2 rings (SSSR count). The summed E-state index contributed by atoms with van der Waals surface area (Å²) in [4.78, 5) is 10.7. The van der Waals surface area contributed by atoms with E-state index in [0.29, 0.717) is 0 Å². The highest BCUT2D eigenvalue weighted by atomic mass is 16.4. The largest absolute Gasteiger partial charge is 0.478 e. The molecular weight excluding hydrogens is 226 g/mol. The molecule has 2 aromatic rings. The van der Waals surface area contributed by atoms with Crippen molar-refractivity contribution in [1.82, 2.24) is 4.57 Å². The molecule has 0 spiro atoms. The van der Waals surface area contributed by atoms with Gasteiger partial charge in [0.1, 0.15) is 0 Å². The zero-order valence-electron chi connectivity index (χ0n) is 10.9. The molecule has 3 heteroatoms. The van der Waals surface area contributed by atoms with E-state index in [-0.39, 0.29) is 0 Å². The highest BCUT2D eigenvalue weighted by Gasteiger charge is 2.12. The number of benzene rings is 1. The summed E-state index contributed by atoms with van der Waals surface area (Å²) in [5.74, 6) is -0.918. The maximum absolute atomic E-state index is 10.7. The molecule has 0 saturated carbocycles. The molecule has 0 amide bonds. The van der Waals surface area contributed by atoms with Gasteiger partial charge in [0.2, 0.25) is 0 Å². The van der Waals surface area contributed by atoms with E-state index in [1.165, 1.54) is 17.2 Å². The first-order valence-electron chi connectivity index (χ1n) is 6.04. The van der Waals surface area contributed by atoms with Crippen LogP contribution >= 0.6 is 0 Å². The molecule has 0 bridgehead atoms. The number of rotatable bonds is 3. The monoisotopic (exact) mass is 243 g/mol. The second kappa shape index (κ2) is 4.69. The van der Waals surface area contributed by atoms with Crippen LogP contribution in [0.3, 0.4) is 0 Å². The molecule has 0 aliphatic carbocycles. The standard InChI is InChI=1S/C15H17NO2/c1-4-11-6-5-7-13-12(8-9-14(17)18)10(2)16(3)15(11)13/h5-9H,4H2,1-3H3,(H,17,18)/b9-8+. The van der Waals surface area contributed by atoms with Crippen LogP contribution in [0.15, 0.2) is 24.3 Å². The normalized spacial score (nSPS) is 11.5. The topological polar surface area (TPSA) is 42.2 Å². The smallest absolute Gasteiger partial charge is 0.328 e. The van der Waals surface area contributed by atoms with Crippen LogP contribution in [-0.4, -0.2) is 15.6 Å². The number of hydrogen-bond donors (Lipinski definition) is 1. The number of aryl methyl sites for hydroxylation is 2. The van der Waals surface area contributed by atoms with E-state index in [9.17, 15) is 4.79 Å². The second-order valence-corrected chi connectivity index (χ2v) is 4.40. The number of nitrogens with zero attached hydrogens (tertiary/aromatic N) is 1. The fraction of sp³-hybridized carbons (Fsp3) is 0.267. The molecule has 0 aliphatic rings. The first-order chi connectivity index (χ1) is 8.56. The Balaban J connectivity index is 2.75. The lowest BCUT2D eigenvalue weighted by atomic mass is 10.1. The van der Waals surface area contributed by atoms with Gasteiger partial charge in [0.05, 0.1) is 5.52 Å². The van der Waals surface area contributed by atoms with Crippen LogP contribution in [0.4, 0.5) is 0 Å². The molecule has 1 aromatic carbocycles. The van der Waals surface area contributed by atoms with Crippen LogP contribution in [0.25, 0.3) is 17.0 Å². The van der Waals surface area contributed by atoms with Crippen molar-refractivity contribution in [2.24, 2.45) is 7.05 Å². The maximum Gasteiger partial charge on any atom is 0.328 e. The summed E-state index contributed by atoms with van der Waals surface area (Å²) in [6, 6.07) is 6.19. The van der Waals surface area contributed by atoms with Gasteiger partial charge in [-0.25, -0.2) is 4.79 Å². The van der Waals surface area contributed by atoms with Crippen molar-refractivity contribution in [3.05, 3.63) is 41.1 Å². The van der Waals surface area contributed by atoms with E-state index >= 15 is 0 Å². The van der Waals surface area contributed by atoms with E-state index in [1.54, 1.807) is 6.08 Å². The van der Waals surface area contributed by atoms with Gasteiger partial charge in [0, 0.05) is 29.8 Å². The Morgan fingerprint density at radius 2 is 2.17 bits per heavy atom. The number of aliphatic carboxylic acids is 1. The number of fused-ring (bicyclic) bond motifs is 1. The van der Waals surface area contributed by atoms with Gasteiger partial charge < -0.3 is 9.67 Å². The van der Waals surface area contributed by atoms with E-state index in [1.807, 2.05) is 26.1 Å². The molecular formula is C15H17NO2. The zero-order chi connectivity index (χ0) is 13.3. The SMILES string of the molecule is CCc1cccc2c(/C=C/C(=O)O)c(C)n(C)c12. The summed E-state index contributed by atoms with van der Waals surface area (Å²) in [6.07, 6.45) is 3.84. The quantitative estimate of drug-likeness (QED) is 0.841. The Hall–Kier alpha value is -2.03. The van der Waals surface area contributed by atoms with E-state index in [2.05, 4.69) is 17.6 Å². The van der Waals surface area contributed by atoms with E-state index < -0.39 is 5.97 Å². The minimum atomic E-state index is -0.918. The fourth-order valence-corrected chi connectivity index (χ4v) is 2.40. The average molecular weight is 243 g/mol. The molecule has 1 aromatic heterocycles. The van der Waals surface area contributed by atoms with Crippen molar-refractivity contribution in [1.29, 1.82) is 0 Å². The third kappa shape index (κ3) is 1.92. The zero-order valence-corrected chi connectivity index (χ0v) is 10.9. The number of hydrogen-bond acceptors (Lipinski definition) is 1. The molecule has 0 radical (unpaired) electrons. The van der Waals surface area contributed by atoms with Gasteiger partial charge >= 0.3 is 5.97 Å². The van der Waals surface area contributed by atoms with Gasteiger partial charge in [0.25, 0.3) is 0 Å². The van der Waals surface area contributed by atoms with Gasteiger partial charge in [-0.3, -0.25) is 0 Å². The average Bonchev–Trinajstić information content (AvgIpc) is 2.60. The molecule has 94 valence electrons.